The van der Waals surface area contributed by atoms with Gasteiger partial charge in [0, 0.05) is 17.3 Å². The van der Waals surface area contributed by atoms with Gasteiger partial charge in [0.2, 0.25) is 0 Å². The number of hydrogen-bond acceptors (Lipinski definition) is 5. The first-order valence-electron chi connectivity index (χ1n) is 11.8. The van der Waals surface area contributed by atoms with E-state index in [0.717, 1.165) is 53.4 Å². The molecule has 0 radical (unpaired) electrons. The molecule has 3 aromatic rings. The second-order valence-electron chi connectivity index (χ2n) is 8.67. The summed E-state index contributed by atoms with van der Waals surface area (Å²) in [5, 5.41) is 1.45. The van der Waals surface area contributed by atoms with E-state index in [0.29, 0.717) is 16.5 Å². The van der Waals surface area contributed by atoms with Crippen LogP contribution in [0, 0.1) is 0 Å². The Morgan fingerprint density at radius 3 is 2.54 bits per heavy atom. The zero-order chi connectivity index (χ0) is 24.0. The van der Waals surface area contributed by atoms with E-state index in [1.165, 1.54) is 18.2 Å². The lowest BCUT2D eigenvalue weighted by Crippen LogP contribution is -2.40. The second kappa shape index (κ2) is 11.1. The van der Waals surface area contributed by atoms with Gasteiger partial charge in [0.15, 0.2) is 5.17 Å². The average Bonchev–Trinajstić information content (AvgIpc) is 3.19. The standard InChI is InChI=1S/C28H26ClN3O2S/c29-22-12-8-21(9-13-22)19-34-25-14-10-20(11-15-25)17-26-27(33)32(24-6-2-1-3-7-24)28(35-26)31-23-5-4-16-30-18-23/h4-5,8-18,24H,1-3,6-7,19H2/b26-17-,31-28?. The van der Waals surface area contributed by atoms with Crippen molar-refractivity contribution in [1.29, 1.82) is 0 Å². The van der Waals surface area contributed by atoms with Gasteiger partial charge in [0.1, 0.15) is 12.4 Å². The Balaban J connectivity index is 1.33. The van der Waals surface area contributed by atoms with Gasteiger partial charge >= 0.3 is 0 Å². The highest BCUT2D eigenvalue weighted by molar-refractivity contribution is 8.18. The molecule has 5 rings (SSSR count). The molecule has 0 unspecified atom stereocenters. The minimum Gasteiger partial charge on any atom is -0.489 e. The molecule has 0 atom stereocenters. The Morgan fingerprint density at radius 1 is 1.06 bits per heavy atom. The number of amides is 1. The number of thioether (sulfide) groups is 1. The van der Waals surface area contributed by atoms with E-state index in [1.54, 1.807) is 12.4 Å². The number of carbonyl (C=O) groups excluding carboxylic acids is 1. The summed E-state index contributed by atoms with van der Waals surface area (Å²) in [5.74, 6) is 0.808. The number of aliphatic imine (C=N–C) groups is 1. The summed E-state index contributed by atoms with van der Waals surface area (Å²) < 4.78 is 5.89. The first-order valence-corrected chi connectivity index (χ1v) is 13.0. The molecular weight excluding hydrogens is 478 g/mol. The lowest BCUT2D eigenvalue weighted by Gasteiger charge is -2.30. The molecule has 1 saturated carbocycles. The molecule has 1 aromatic heterocycles. The minimum absolute atomic E-state index is 0.0348. The summed E-state index contributed by atoms with van der Waals surface area (Å²) in [6.07, 6.45) is 11.0. The average molecular weight is 504 g/mol. The molecule has 7 heteroatoms. The fraction of sp³-hybridized carbons (Fsp3) is 0.250. The van der Waals surface area contributed by atoms with Crippen molar-refractivity contribution in [1.82, 2.24) is 9.88 Å². The molecule has 2 aliphatic rings. The van der Waals surface area contributed by atoms with Crippen LogP contribution in [-0.2, 0) is 11.4 Å². The van der Waals surface area contributed by atoms with E-state index >= 15 is 0 Å². The molecule has 2 heterocycles. The van der Waals surface area contributed by atoms with Gasteiger partial charge in [-0.05, 0) is 78.2 Å². The third-order valence-electron chi connectivity index (χ3n) is 6.14. The zero-order valence-electron chi connectivity index (χ0n) is 19.3. The SMILES string of the molecule is O=C1/C(=C/c2ccc(OCc3ccc(Cl)cc3)cc2)SC(=Nc2cccnc2)N1C1CCCCC1. The number of nitrogens with zero attached hydrogens (tertiary/aromatic N) is 3. The van der Waals surface area contributed by atoms with Gasteiger partial charge in [-0.2, -0.15) is 0 Å². The molecule has 1 amide bonds. The molecule has 178 valence electrons. The van der Waals surface area contributed by atoms with Gasteiger partial charge in [-0.3, -0.25) is 14.7 Å². The van der Waals surface area contributed by atoms with Crippen LogP contribution in [-0.4, -0.2) is 27.0 Å². The summed E-state index contributed by atoms with van der Waals surface area (Å²) in [7, 11) is 0. The highest BCUT2D eigenvalue weighted by Crippen LogP contribution is 2.38. The Bertz CT molecular complexity index is 1220. The molecule has 1 aliphatic heterocycles. The molecule has 2 fully saturated rings. The lowest BCUT2D eigenvalue weighted by molar-refractivity contribution is -0.124. The fourth-order valence-corrected chi connectivity index (χ4v) is 5.50. The molecule has 35 heavy (non-hydrogen) atoms. The largest absolute Gasteiger partial charge is 0.489 e. The van der Waals surface area contributed by atoms with Crippen LogP contribution in [0.25, 0.3) is 6.08 Å². The zero-order valence-corrected chi connectivity index (χ0v) is 20.8. The summed E-state index contributed by atoms with van der Waals surface area (Å²) >= 11 is 7.38. The predicted octanol–water partition coefficient (Wildman–Crippen LogP) is 7.25. The van der Waals surface area contributed by atoms with Crippen LogP contribution in [0.3, 0.4) is 0 Å². The van der Waals surface area contributed by atoms with E-state index in [4.69, 9.17) is 21.3 Å². The van der Waals surface area contributed by atoms with Crippen LogP contribution in [0.5, 0.6) is 5.75 Å². The van der Waals surface area contributed by atoms with Crippen molar-refractivity contribution >= 4 is 46.2 Å². The summed E-state index contributed by atoms with van der Waals surface area (Å²) in [6.45, 7) is 0.469. The van der Waals surface area contributed by atoms with Crippen molar-refractivity contribution in [3.8, 4) is 5.75 Å². The van der Waals surface area contributed by atoms with Crippen molar-refractivity contribution in [3.63, 3.8) is 0 Å². The number of halogens is 1. The Morgan fingerprint density at radius 2 is 1.83 bits per heavy atom. The van der Waals surface area contributed by atoms with Gasteiger partial charge in [0.25, 0.3) is 5.91 Å². The topological polar surface area (TPSA) is 54.8 Å². The number of ether oxygens (including phenoxy) is 1. The summed E-state index contributed by atoms with van der Waals surface area (Å²) in [6, 6.07) is 19.4. The van der Waals surface area contributed by atoms with Crippen molar-refractivity contribution < 1.29 is 9.53 Å². The van der Waals surface area contributed by atoms with Gasteiger partial charge < -0.3 is 4.74 Å². The first-order chi connectivity index (χ1) is 17.2. The molecule has 0 N–H and O–H groups in total. The number of hydrogen-bond donors (Lipinski definition) is 0. The maximum absolute atomic E-state index is 13.5. The van der Waals surface area contributed by atoms with Crippen molar-refractivity contribution in [2.45, 2.75) is 44.8 Å². The fourth-order valence-electron chi connectivity index (χ4n) is 4.32. The van der Waals surface area contributed by atoms with Gasteiger partial charge in [-0.15, -0.1) is 0 Å². The van der Waals surface area contributed by atoms with Crippen LogP contribution < -0.4 is 4.74 Å². The molecule has 2 aromatic carbocycles. The van der Waals surface area contributed by atoms with E-state index < -0.39 is 0 Å². The number of rotatable bonds is 6. The predicted molar refractivity (Wildman–Crippen MR) is 143 cm³/mol. The second-order valence-corrected chi connectivity index (χ2v) is 10.1. The van der Waals surface area contributed by atoms with Crippen LogP contribution in [0.15, 0.2) is 83.0 Å². The smallest absolute Gasteiger partial charge is 0.267 e. The number of amidine groups is 1. The van der Waals surface area contributed by atoms with E-state index in [9.17, 15) is 4.79 Å². The lowest BCUT2D eigenvalue weighted by atomic mass is 9.94. The molecule has 1 saturated heterocycles. The molecule has 0 spiro atoms. The Labute approximate surface area is 214 Å². The van der Waals surface area contributed by atoms with Gasteiger partial charge in [-0.25, -0.2) is 4.99 Å². The van der Waals surface area contributed by atoms with E-state index in [2.05, 4.69) is 4.98 Å². The van der Waals surface area contributed by atoms with Crippen molar-refractivity contribution in [3.05, 3.63) is 94.1 Å². The summed E-state index contributed by atoms with van der Waals surface area (Å²) in [5.41, 5.74) is 2.76. The van der Waals surface area contributed by atoms with Crippen LogP contribution in [0.1, 0.15) is 43.2 Å². The number of aromatic nitrogens is 1. The van der Waals surface area contributed by atoms with E-state index in [-0.39, 0.29) is 11.9 Å². The van der Waals surface area contributed by atoms with E-state index in [1.807, 2.05) is 71.6 Å². The van der Waals surface area contributed by atoms with Gasteiger partial charge in [0.05, 0.1) is 16.8 Å². The quantitative estimate of drug-likeness (QED) is 0.332. The van der Waals surface area contributed by atoms with Crippen LogP contribution in [0.4, 0.5) is 5.69 Å². The molecule has 0 bridgehead atoms. The number of pyridine rings is 1. The van der Waals surface area contributed by atoms with Gasteiger partial charge in [-0.1, -0.05) is 55.1 Å². The molecular formula is C28H26ClN3O2S. The Kier molecular flexibility index (Phi) is 7.50. The first kappa shape index (κ1) is 23.6. The number of benzene rings is 2. The minimum atomic E-state index is 0.0348. The maximum Gasteiger partial charge on any atom is 0.267 e. The van der Waals surface area contributed by atoms with Crippen molar-refractivity contribution in [2.75, 3.05) is 0 Å². The third-order valence-corrected chi connectivity index (χ3v) is 7.38. The molecule has 5 nitrogen and oxygen atoms in total. The normalized spacial score (nSPS) is 19.0. The third kappa shape index (κ3) is 5.95. The van der Waals surface area contributed by atoms with Crippen LogP contribution in [0.2, 0.25) is 5.02 Å². The highest BCUT2D eigenvalue weighted by Gasteiger charge is 2.38. The summed E-state index contributed by atoms with van der Waals surface area (Å²) in [4.78, 5) is 25.0. The highest BCUT2D eigenvalue weighted by atomic mass is 35.5. The maximum atomic E-state index is 13.5. The number of carbonyl (C=O) groups is 1. The Hall–Kier alpha value is -3.09. The molecule has 1 aliphatic carbocycles. The van der Waals surface area contributed by atoms with Crippen LogP contribution >= 0.6 is 23.4 Å². The monoisotopic (exact) mass is 503 g/mol. The van der Waals surface area contributed by atoms with Crippen molar-refractivity contribution in [2.24, 2.45) is 4.99 Å².